The first-order valence-electron chi connectivity index (χ1n) is 32.9. The molecule has 2 heterocycles. The van der Waals surface area contributed by atoms with Gasteiger partial charge in [-0.25, -0.2) is 0 Å². The molecule has 0 atom stereocenters. The fraction of sp³-hybridized carbons (Fsp3) is 0.0130. The number of furan rings is 2. The van der Waals surface area contributed by atoms with Crippen LogP contribution in [-0.2, 0) is 10.1 Å². The molecule has 0 fully saturated rings. The van der Waals surface area contributed by atoms with Crippen LogP contribution in [0.25, 0.3) is 143 Å². The van der Waals surface area contributed by atoms with E-state index in [9.17, 15) is 31.6 Å². The Kier molecular flexibility index (Phi) is 11.9. The van der Waals surface area contributed by atoms with Crippen molar-refractivity contribution in [1.29, 1.82) is 0 Å². The van der Waals surface area contributed by atoms with Gasteiger partial charge in [0.15, 0.2) is 0 Å². The van der Waals surface area contributed by atoms with Crippen LogP contribution < -0.4 is 9.65 Å². The molecule has 89 heavy (non-hydrogen) atoms. The van der Waals surface area contributed by atoms with Crippen LogP contribution in [0.5, 0.6) is 5.75 Å². The van der Waals surface area contributed by atoms with Crippen LogP contribution in [0.3, 0.4) is 0 Å². The van der Waals surface area contributed by atoms with Gasteiger partial charge in [-0.05, 0) is 159 Å². The SMILES string of the molecule is O=S(=O)(Oc1ccc2oc3cc(-c4ccccc4)ccc3c2c1)C(F)(F)F.[2H]c1c([2H])c([2H])c(-c2c3ccccc3c(-c3ccc4oc5cc(-c6ccccc6)ccc5c4c3)c3ccccc23)c([2H])c1[2H].[2H]c1c([2H])c([2H])c(-c2c3ccccc3c(B(O)O)c3ccccc23)c([2H])c1[2H]. The smallest absolute Gasteiger partial charge is 0.456 e. The second-order valence-corrected chi connectivity index (χ2v) is 22.3. The van der Waals surface area contributed by atoms with Gasteiger partial charge in [-0.15, -0.1) is 0 Å². The maximum absolute atomic E-state index is 12.5. The summed E-state index contributed by atoms with van der Waals surface area (Å²) in [5.74, 6) is -0.435. The number of hydrogen-bond acceptors (Lipinski definition) is 7. The number of fused-ring (bicyclic) bond motifs is 10. The van der Waals surface area contributed by atoms with Crippen molar-refractivity contribution in [1.82, 2.24) is 0 Å². The first-order chi connectivity index (χ1) is 47.5. The van der Waals surface area contributed by atoms with Gasteiger partial charge in [0.05, 0.1) is 13.7 Å². The minimum Gasteiger partial charge on any atom is -0.456 e. The summed E-state index contributed by atoms with van der Waals surface area (Å²) in [6.45, 7) is 0. The van der Waals surface area contributed by atoms with Crippen LogP contribution in [0.2, 0.25) is 0 Å². The molecule has 2 aromatic heterocycles. The minimum atomic E-state index is -5.73. The van der Waals surface area contributed by atoms with Crippen LogP contribution >= 0.6 is 0 Å². The average Bonchev–Trinajstić information content (AvgIpc) is 1.28. The van der Waals surface area contributed by atoms with E-state index in [2.05, 4.69) is 46.6 Å². The fourth-order valence-corrected chi connectivity index (χ4v) is 12.2. The van der Waals surface area contributed by atoms with E-state index in [0.29, 0.717) is 60.1 Å². The summed E-state index contributed by atoms with van der Waals surface area (Å²) >= 11 is 0. The van der Waals surface area contributed by atoms with Crippen molar-refractivity contribution in [2.75, 3.05) is 0 Å². The summed E-state index contributed by atoms with van der Waals surface area (Å²) in [7, 11) is -7.45. The molecular weight excluding hydrogens is 1140 g/mol. The van der Waals surface area contributed by atoms with Gasteiger partial charge in [-0.1, -0.05) is 236 Å². The van der Waals surface area contributed by atoms with E-state index in [1.807, 2.05) is 115 Å². The second-order valence-electron chi connectivity index (χ2n) is 20.8. The van der Waals surface area contributed by atoms with E-state index >= 15 is 0 Å². The zero-order valence-electron chi connectivity index (χ0n) is 56.5. The van der Waals surface area contributed by atoms with Crippen molar-refractivity contribution in [2.45, 2.75) is 5.51 Å². The summed E-state index contributed by atoms with van der Waals surface area (Å²) in [6.07, 6.45) is 0. The highest BCUT2D eigenvalue weighted by molar-refractivity contribution is 7.88. The fourth-order valence-electron chi connectivity index (χ4n) is 11.7. The third-order valence-electron chi connectivity index (χ3n) is 15.6. The minimum absolute atomic E-state index is 0.0948. The summed E-state index contributed by atoms with van der Waals surface area (Å²) in [4.78, 5) is 0. The maximum Gasteiger partial charge on any atom is 0.534 e. The molecule has 12 heteroatoms. The molecule has 14 aromatic carbocycles. The Morgan fingerprint density at radius 1 is 0.348 bits per heavy atom. The van der Waals surface area contributed by atoms with E-state index < -0.39 is 52.7 Å². The van der Waals surface area contributed by atoms with Gasteiger partial charge in [0.2, 0.25) is 0 Å². The van der Waals surface area contributed by atoms with E-state index in [1.54, 1.807) is 54.6 Å². The molecule has 7 nitrogen and oxygen atoms in total. The quantitative estimate of drug-likeness (QED) is 0.0675. The van der Waals surface area contributed by atoms with Gasteiger partial charge in [-0.2, -0.15) is 21.6 Å². The van der Waals surface area contributed by atoms with Crippen molar-refractivity contribution in [3.63, 3.8) is 0 Å². The monoisotopic (exact) mass is 1200 g/mol. The summed E-state index contributed by atoms with van der Waals surface area (Å²) in [6, 6.07) is 68.1. The van der Waals surface area contributed by atoms with Crippen molar-refractivity contribution < 1.29 is 58.4 Å². The maximum atomic E-state index is 12.5. The topological polar surface area (TPSA) is 110 Å². The molecule has 0 saturated carbocycles. The van der Waals surface area contributed by atoms with E-state index in [1.165, 1.54) is 12.1 Å². The van der Waals surface area contributed by atoms with Gasteiger partial charge < -0.3 is 23.1 Å². The molecule has 0 spiro atoms. The van der Waals surface area contributed by atoms with E-state index in [4.69, 9.17) is 22.5 Å². The zero-order valence-corrected chi connectivity index (χ0v) is 47.3. The predicted octanol–water partition coefficient (Wildman–Crippen LogP) is 19.7. The molecule has 0 unspecified atom stereocenters. The number of halogens is 3. The van der Waals surface area contributed by atoms with Gasteiger partial charge in [0.1, 0.15) is 28.1 Å². The van der Waals surface area contributed by atoms with Gasteiger partial charge >= 0.3 is 22.7 Å². The van der Waals surface area contributed by atoms with Crippen LogP contribution in [-0.4, -0.2) is 31.1 Å². The molecule has 0 aliphatic rings. The molecule has 0 aliphatic heterocycles. The van der Waals surface area contributed by atoms with Crippen molar-refractivity contribution in [3.8, 4) is 61.4 Å². The van der Waals surface area contributed by atoms with Gasteiger partial charge in [0.25, 0.3) is 0 Å². The van der Waals surface area contributed by atoms with E-state index in [0.717, 1.165) is 82.9 Å². The number of rotatable bonds is 8. The lowest BCUT2D eigenvalue weighted by atomic mass is 9.72. The summed E-state index contributed by atoms with van der Waals surface area (Å²) in [5, 5.41) is 29.0. The van der Waals surface area contributed by atoms with Gasteiger partial charge in [-0.3, -0.25) is 0 Å². The number of alkyl halides is 3. The Morgan fingerprint density at radius 3 is 1.12 bits per heavy atom. The molecule has 0 saturated heterocycles. The molecule has 0 aliphatic carbocycles. The zero-order chi connectivity index (χ0) is 69.5. The number of hydrogen-bond donors (Lipinski definition) is 2. The summed E-state index contributed by atoms with van der Waals surface area (Å²) in [5.41, 5.74) is 4.97. The normalized spacial score (nSPS) is 13.3. The average molecular weight is 1200 g/mol. The first-order valence-corrected chi connectivity index (χ1v) is 29.3. The standard InChI is InChI=1S/C38H24O.C20H15BO2.C19H11F3O4S/c1-3-11-25(12-4-1)27-19-21-29-34-23-28(20-22-35(34)39-36(29)24-27)38-32-17-9-7-15-30(32)37(26-13-5-2-6-14-26)31-16-8-10-18-33(31)38;22-21(23)20-17-12-6-4-10-15(17)19(14-8-2-1-3-9-14)16-11-5-7-13-18(16)20;20-19(21,22)27(23,24)26-14-7-9-17-16(11-14)15-8-6-13(10-18(15)25-17)12-4-2-1-3-5-12/h1-24H;1-13,22-23H;1-11H/i2D,5D,6D,13D,14D;1D,2D,3D,8D,9D;. The molecule has 16 aromatic rings. The van der Waals surface area contributed by atoms with Crippen LogP contribution in [0.15, 0.2) is 300 Å². The van der Waals surface area contributed by atoms with Crippen molar-refractivity contribution in [2.24, 2.45) is 0 Å². The molecular formula is C77H50BF3O7S. The van der Waals surface area contributed by atoms with E-state index in [-0.39, 0.29) is 47.4 Å². The van der Waals surface area contributed by atoms with Crippen LogP contribution in [0, 0.1) is 0 Å². The highest BCUT2D eigenvalue weighted by atomic mass is 32.2. The first kappa shape index (κ1) is 45.5. The largest absolute Gasteiger partial charge is 0.534 e. The Labute approximate surface area is 523 Å². The second kappa shape index (κ2) is 23.2. The van der Waals surface area contributed by atoms with Gasteiger partial charge in [0, 0.05) is 21.5 Å². The lowest BCUT2D eigenvalue weighted by Crippen LogP contribution is -2.31. The molecule has 0 bridgehead atoms. The predicted molar refractivity (Wildman–Crippen MR) is 357 cm³/mol. The lowest BCUT2D eigenvalue weighted by molar-refractivity contribution is -0.0500. The highest BCUT2D eigenvalue weighted by Crippen LogP contribution is 2.46. The molecule has 16 rings (SSSR count). The lowest BCUT2D eigenvalue weighted by Gasteiger charge is -2.17. The van der Waals surface area contributed by atoms with Crippen LogP contribution in [0.4, 0.5) is 13.2 Å². The van der Waals surface area contributed by atoms with Crippen molar-refractivity contribution in [3.05, 3.63) is 291 Å². The Morgan fingerprint density at radius 2 is 0.708 bits per heavy atom. The third-order valence-corrected chi connectivity index (χ3v) is 16.5. The number of benzene rings is 14. The Bertz CT molecular complexity index is 5920. The highest BCUT2D eigenvalue weighted by Gasteiger charge is 2.48. The Hall–Kier alpha value is -10.8. The molecule has 0 radical (unpaired) electrons. The van der Waals surface area contributed by atoms with Crippen molar-refractivity contribution >= 4 is 110 Å². The summed E-state index contributed by atoms with van der Waals surface area (Å²) < 4.78 is 159. The molecule has 0 amide bonds. The molecule has 430 valence electrons. The third kappa shape index (κ3) is 10.6. The van der Waals surface area contributed by atoms with Crippen LogP contribution in [0.1, 0.15) is 13.7 Å². The molecule has 2 N–H and O–H groups in total. The Balaban J connectivity index is 0.000000133.